The Morgan fingerprint density at radius 1 is 1.42 bits per heavy atom. The summed E-state index contributed by atoms with van der Waals surface area (Å²) >= 11 is 0.902. The number of halogens is 3. The number of thioether (sulfide) groups is 1. The summed E-state index contributed by atoms with van der Waals surface area (Å²) in [5.74, 6) is 0. The molecule has 0 heterocycles. The van der Waals surface area contributed by atoms with Crippen LogP contribution in [0, 0.1) is 0 Å². The minimum atomic E-state index is -4.16. The van der Waals surface area contributed by atoms with Gasteiger partial charge in [-0.3, -0.25) is 0 Å². The molecular formula is C7H14F3NS. The van der Waals surface area contributed by atoms with E-state index in [1.54, 1.807) is 6.92 Å². The number of hydrogen-bond acceptors (Lipinski definition) is 2. The molecular weight excluding hydrogens is 187 g/mol. The van der Waals surface area contributed by atoms with Gasteiger partial charge in [0.25, 0.3) is 0 Å². The van der Waals surface area contributed by atoms with Gasteiger partial charge in [0.15, 0.2) is 0 Å². The monoisotopic (exact) mass is 201 g/mol. The molecule has 1 nitrogen and oxygen atoms in total. The molecule has 0 rings (SSSR count). The van der Waals surface area contributed by atoms with Gasteiger partial charge in [0.05, 0.1) is 0 Å². The molecule has 0 radical (unpaired) electrons. The van der Waals surface area contributed by atoms with Crippen molar-refractivity contribution in [2.75, 3.05) is 6.54 Å². The molecule has 0 aromatic rings. The van der Waals surface area contributed by atoms with Gasteiger partial charge < -0.3 is 5.73 Å². The average Bonchev–Trinajstić information content (AvgIpc) is 1.97. The Kier molecular flexibility index (Phi) is 5.01. The van der Waals surface area contributed by atoms with Crippen molar-refractivity contribution in [3.8, 4) is 0 Å². The highest BCUT2D eigenvalue weighted by Crippen LogP contribution is 2.32. The first kappa shape index (κ1) is 12.1. The number of alkyl halides is 3. The van der Waals surface area contributed by atoms with Gasteiger partial charge in [-0.2, -0.15) is 13.2 Å². The van der Waals surface area contributed by atoms with Crippen molar-refractivity contribution in [1.29, 1.82) is 0 Å². The van der Waals surface area contributed by atoms with Crippen molar-refractivity contribution in [2.45, 2.75) is 36.9 Å². The molecule has 2 atom stereocenters. The average molecular weight is 201 g/mol. The first-order chi connectivity index (χ1) is 5.41. The maximum Gasteiger partial charge on any atom is 0.401 e. The third-order valence-corrected chi connectivity index (χ3v) is 3.14. The molecule has 0 aliphatic carbocycles. The fourth-order valence-corrected chi connectivity index (χ4v) is 1.66. The second kappa shape index (κ2) is 4.97. The van der Waals surface area contributed by atoms with Crippen LogP contribution in [0.25, 0.3) is 0 Å². The fraction of sp³-hybridized carbons (Fsp3) is 1.00. The molecule has 0 aromatic carbocycles. The minimum absolute atomic E-state index is 0.0141. The Morgan fingerprint density at radius 3 is 2.17 bits per heavy atom. The molecule has 0 spiro atoms. The fourth-order valence-electron chi connectivity index (χ4n) is 0.643. The summed E-state index contributed by atoms with van der Waals surface area (Å²) in [4.78, 5) is 0. The normalized spacial score (nSPS) is 17.5. The Balaban J connectivity index is 4.00. The molecule has 0 aliphatic heterocycles. The zero-order chi connectivity index (χ0) is 9.78. The van der Waals surface area contributed by atoms with Crippen LogP contribution in [0.5, 0.6) is 0 Å². The molecule has 12 heavy (non-hydrogen) atoms. The molecule has 0 saturated heterocycles. The van der Waals surface area contributed by atoms with Crippen LogP contribution < -0.4 is 5.73 Å². The minimum Gasteiger partial charge on any atom is -0.329 e. The summed E-state index contributed by atoms with van der Waals surface area (Å²) < 4.78 is 36.3. The highest BCUT2D eigenvalue weighted by atomic mass is 32.2. The highest BCUT2D eigenvalue weighted by Gasteiger charge is 2.39. The standard InChI is InChI=1S/C7H14F3NS/c1-3-5(2)12-6(4-11)7(8,9)10/h5-6H,3-4,11H2,1-2H3. The topological polar surface area (TPSA) is 26.0 Å². The Labute approximate surface area is 74.9 Å². The van der Waals surface area contributed by atoms with E-state index in [0.717, 1.165) is 18.2 Å². The van der Waals surface area contributed by atoms with E-state index in [4.69, 9.17) is 5.73 Å². The van der Waals surface area contributed by atoms with E-state index in [9.17, 15) is 13.2 Å². The largest absolute Gasteiger partial charge is 0.401 e. The summed E-state index contributed by atoms with van der Waals surface area (Å²) in [6.45, 7) is 3.30. The van der Waals surface area contributed by atoms with E-state index in [1.807, 2.05) is 6.92 Å². The van der Waals surface area contributed by atoms with Gasteiger partial charge >= 0.3 is 6.18 Å². The quantitative estimate of drug-likeness (QED) is 0.755. The van der Waals surface area contributed by atoms with Gasteiger partial charge in [-0.05, 0) is 6.42 Å². The highest BCUT2D eigenvalue weighted by molar-refractivity contribution is 8.00. The number of rotatable bonds is 4. The van der Waals surface area contributed by atoms with Crippen LogP contribution >= 0.6 is 11.8 Å². The first-order valence-corrected chi connectivity index (χ1v) is 4.78. The number of nitrogens with two attached hydrogens (primary N) is 1. The summed E-state index contributed by atoms with van der Waals surface area (Å²) in [5, 5.41) is -1.40. The van der Waals surface area contributed by atoms with Crippen LogP contribution in [-0.2, 0) is 0 Å². The van der Waals surface area contributed by atoms with E-state index in [-0.39, 0.29) is 11.8 Å². The smallest absolute Gasteiger partial charge is 0.329 e. The van der Waals surface area contributed by atoms with E-state index in [1.165, 1.54) is 0 Å². The summed E-state index contributed by atoms with van der Waals surface area (Å²) in [5.41, 5.74) is 5.02. The molecule has 0 bridgehead atoms. The van der Waals surface area contributed by atoms with Crippen LogP contribution in [0.3, 0.4) is 0 Å². The Morgan fingerprint density at radius 2 is 1.92 bits per heavy atom. The second-order valence-electron chi connectivity index (χ2n) is 2.62. The van der Waals surface area contributed by atoms with E-state index in [0.29, 0.717) is 0 Å². The predicted octanol–water partition coefficient (Wildman–Crippen LogP) is 2.41. The van der Waals surface area contributed by atoms with Gasteiger partial charge in [-0.15, -0.1) is 11.8 Å². The van der Waals surface area contributed by atoms with Crippen molar-refractivity contribution in [1.82, 2.24) is 0 Å². The lowest BCUT2D eigenvalue weighted by Gasteiger charge is -2.20. The Bertz CT molecular complexity index is 126. The molecule has 0 aromatic heterocycles. The summed E-state index contributed by atoms with van der Waals surface area (Å²) in [6, 6.07) is 0. The van der Waals surface area contributed by atoms with Gasteiger partial charge in [0.1, 0.15) is 5.25 Å². The van der Waals surface area contributed by atoms with Crippen molar-refractivity contribution >= 4 is 11.8 Å². The zero-order valence-electron chi connectivity index (χ0n) is 7.19. The van der Waals surface area contributed by atoms with Crippen LogP contribution in [-0.4, -0.2) is 23.2 Å². The van der Waals surface area contributed by atoms with Crippen LogP contribution in [0.15, 0.2) is 0 Å². The summed E-state index contributed by atoms with van der Waals surface area (Å²) in [7, 11) is 0. The van der Waals surface area contributed by atoms with Crippen molar-refractivity contribution in [3.05, 3.63) is 0 Å². The summed E-state index contributed by atoms with van der Waals surface area (Å²) in [6.07, 6.45) is -3.43. The van der Waals surface area contributed by atoms with Gasteiger partial charge in [-0.25, -0.2) is 0 Å². The van der Waals surface area contributed by atoms with E-state index in [2.05, 4.69) is 0 Å². The van der Waals surface area contributed by atoms with Crippen molar-refractivity contribution in [2.24, 2.45) is 5.73 Å². The lowest BCUT2D eigenvalue weighted by Crippen LogP contribution is -2.34. The maximum absolute atomic E-state index is 12.1. The molecule has 74 valence electrons. The van der Waals surface area contributed by atoms with Crippen molar-refractivity contribution < 1.29 is 13.2 Å². The molecule has 0 amide bonds. The third kappa shape index (κ3) is 4.21. The van der Waals surface area contributed by atoms with Gasteiger partial charge in [0.2, 0.25) is 0 Å². The molecule has 0 aliphatic rings. The molecule has 5 heteroatoms. The molecule has 2 unspecified atom stereocenters. The maximum atomic E-state index is 12.1. The second-order valence-corrected chi connectivity index (χ2v) is 4.27. The molecule has 0 saturated carbocycles. The van der Waals surface area contributed by atoms with E-state index < -0.39 is 11.4 Å². The predicted molar refractivity (Wildman–Crippen MR) is 46.2 cm³/mol. The molecule has 2 N–H and O–H groups in total. The molecule has 0 fully saturated rings. The van der Waals surface area contributed by atoms with Gasteiger partial charge in [0, 0.05) is 11.8 Å². The lowest BCUT2D eigenvalue weighted by molar-refractivity contribution is -0.126. The van der Waals surface area contributed by atoms with Crippen LogP contribution in [0.2, 0.25) is 0 Å². The van der Waals surface area contributed by atoms with Crippen LogP contribution in [0.4, 0.5) is 13.2 Å². The zero-order valence-corrected chi connectivity index (χ0v) is 8.00. The van der Waals surface area contributed by atoms with E-state index >= 15 is 0 Å². The van der Waals surface area contributed by atoms with Gasteiger partial charge in [-0.1, -0.05) is 13.8 Å². The van der Waals surface area contributed by atoms with Crippen LogP contribution in [0.1, 0.15) is 20.3 Å². The lowest BCUT2D eigenvalue weighted by atomic mass is 10.4. The SMILES string of the molecule is CCC(C)SC(CN)C(F)(F)F. The van der Waals surface area contributed by atoms with Crippen molar-refractivity contribution in [3.63, 3.8) is 0 Å². The third-order valence-electron chi connectivity index (χ3n) is 1.55. The number of hydrogen-bond donors (Lipinski definition) is 1. The Hall–Kier alpha value is 0.100. The first-order valence-electron chi connectivity index (χ1n) is 3.84.